The first kappa shape index (κ1) is 29.1. The lowest BCUT2D eigenvalue weighted by Crippen LogP contribution is -2.54. The smallest absolute Gasteiger partial charge is 0.410 e. The number of ether oxygens (including phenoxy) is 1. The minimum atomic E-state index is -0.706. The number of amides is 2. The van der Waals surface area contributed by atoms with Gasteiger partial charge in [0.15, 0.2) is 0 Å². The van der Waals surface area contributed by atoms with E-state index in [0.29, 0.717) is 23.5 Å². The van der Waals surface area contributed by atoms with Crippen LogP contribution in [-0.4, -0.2) is 65.1 Å². The summed E-state index contributed by atoms with van der Waals surface area (Å²) in [6.45, 7) is 12.1. The predicted molar refractivity (Wildman–Crippen MR) is 151 cm³/mol. The van der Waals surface area contributed by atoms with E-state index in [1.165, 1.54) is 12.1 Å². The summed E-state index contributed by atoms with van der Waals surface area (Å²) in [5.41, 5.74) is 2.67. The third-order valence-electron chi connectivity index (χ3n) is 6.90. The number of hydrogen-bond donors (Lipinski definition) is 0. The molecule has 1 aliphatic rings. The van der Waals surface area contributed by atoms with Gasteiger partial charge in [-0.25, -0.2) is 13.6 Å². The van der Waals surface area contributed by atoms with Crippen molar-refractivity contribution < 1.29 is 23.1 Å². The molecule has 0 unspecified atom stereocenters. The molecule has 1 aliphatic heterocycles. The van der Waals surface area contributed by atoms with Gasteiger partial charge in [-0.1, -0.05) is 12.1 Å². The van der Waals surface area contributed by atoms with Crippen LogP contribution in [0, 0.1) is 18.6 Å². The van der Waals surface area contributed by atoms with Gasteiger partial charge in [-0.3, -0.25) is 14.7 Å². The van der Waals surface area contributed by atoms with Crippen molar-refractivity contribution in [3.8, 4) is 11.3 Å². The Balaban J connectivity index is 1.38. The number of benzene rings is 2. The van der Waals surface area contributed by atoms with Gasteiger partial charge in [0.1, 0.15) is 17.2 Å². The van der Waals surface area contributed by atoms with Gasteiger partial charge in [0.05, 0.1) is 17.0 Å². The summed E-state index contributed by atoms with van der Waals surface area (Å²) in [5.74, 6) is -1.61. The normalized spacial score (nSPS) is 16.1. The number of anilines is 1. The topological polar surface area (TPSA) is 66.0 Å². The van der Waals surface area contributed by atoms with Gasteiger partial charge in [0, 0.05) is 56.6 Å². The highest BCUT2D eigenvalue weighted by atomic mass is 19.1. The lowest BCUT2D eigenvalue weighted by Gasteiger charge is -2.40. The molecule has 1 atom stereocenters. The molecule has 2 amide bonds. The Morgan fingerprint density at radius 3 is 2.35 bits per heavy atom. The number of aryl methyl sites for hydroxylation is 1. The van der Waals surface area contributed by atoms with E-state index in [9.17, 15) is 18.4 Å². The van der Waals surface area contributed by atoms with Crippen LogP contribution in [0.4, 0.5) is 19.3 Å². The molecule has 2 heterocycles. The van der Waals surface area contributed by atoms with E-state index in [0.717, 1.165) is 37.0 Å². The molecule has 212 valence electrons. The zero-order valence-corrected chi connectivity index (χ0v) is 23.9. The number of piperazine rings is 1. The highest BCUT2D eigenvalue weighted by molar-refractivity contribution is 6.06. The van der Waals surface area contributed by atoms with Crippen LogP contribution in [0.15, 0.2) is 54.6 Å². The summed E-state index contributed by atoms with van der Waals surface area (Å²) in [6, 6.07) is 14.3. The molecule has 2 aromatic carbocycles. The number of pyridine rings is 1. The monoisotopic (exact) mass is 550 g/mol. The second-order valence-electron chi connectivity index (χ2n) is 11.2. The molecular formula is C31H36F2N4O3. The second kappa shape index (κ2) is 11.7. The van der Waals surface area contributed by atoms with Crippen molar-refractivity contribution in [2.75, 3.05) is 31.6 Å². The van der Waals surface area contributed by atoms with Gasteiger partial charge < -0.3 is 14.5 Å². The maximum atomic E-state index is 14.2. The third-order valence-corrected chi connectivity index (χ3v) is 6.90. The number of carbonyl (C=O) groups is 2. The number of nitrogens with zero attached hydrogens (tertiary/aromatic N) is 4. The van der Waals surface area contributed by atoms with Crippen LogP contribution in [0.2, 0.25) is 0 Å². The average molecular weight is 551 g/mol. The minimum Gasteiger partial charge on any atom is -0.444 e. The van der Waals surface area contributed by atoms with Crippen LogP contribution >= 0.6 is 0 Å². The Hall–Kier alpha value is -3.85. The molecule has 0 spiro atoms. The molecule has 0 saturated carbocycles. The molecule has 1 aromatic heterocycles. The Labute approximate surface area is 234 Å². The molecule has 0 aliphatic carbocycles. The third kappa shape index (κ3) is 6.83. The van der Waals surface area contributed by atoms with E-state index in [4.69, 9.17) is 4.74 Å². The standard InChI is InChI=1S/C31H36F2N4O3/c1-20-18-36(15-16-37(20)30(39)40-31(3,4)5)19-22-7-10-24(11-8-22)35(6)29(38)25-13-14-28(34-21(25)2)26-12-9-23(32)17-27(26)33/h7-14,17,20H,15-16,18-19H2,1-6H3/t20-/m0/s1. The van der Waals surface area contributed by atoms with Crippen LogP contribution in [0.5, 0.6) is 0 Å². The highest BCUT2D eigenvalue weighted by Crippen LogP contribution is 2.25. The van der Waals surface area contributed by atoms with Crippen LogP contribution in [0.3, 0.4) is 0 Å². The molecular weight excluding hydrogens is 514 g/mol. The first-order chi connectivity index (χ1) is 18.8. The Bertz CT molecular complexity index is 1390. The molecule has 3 aromatic rings. The van der Waals surface area contributed by atoms with Crippen molar-refractivity contribution in [1.82, 2.24) is 14.8 Å². The fourth-order valence-electron chi connectivity index (χ4n) is 4.78. The average Bonchev–Trinajstić information content (AvgIpc) is 2.87. The molecule has 1 saturated heterocycles. The van der Waals surface area contributed by atoms with Gasteiger partial charge in [-0.05, 0) is 76.6 Å². The number of aromatic nitrogens is 1. The fourth-order valence-corrected chi connectivity index (χ4v) is 4.78. The van der Waals surface area contributed by atoms with E-state index >= 15 is 0 Å². The molecule has 7 nitrogen and oxygen atoms in total. The first-order valence-corrected chi connectivity index (χ1v) is 13.3. The quantitative estimate of drug-likeness (QED) is 0.387. The van der Waals surface area contributed by atoms with Crippen molar-refractivity contribution in [2.45, 2.75) is 52.8 Å². The van der Waals surface area contributed by atoms with Crippen molar-refractivity contribution in [3.05, 3.63) is 83.1 Å². The minimum absolute atomic E-state index is 0.0365. The lowest BCUT2D eigenvalue weighted by molar-refractivity contribution is 0.000549. The van der Waals surface area contributed by atoms with Crippen molar-refractivity contribution in [2.24, 2.45) is 0 Å². The molecule has 1 fully saturated rings. The van der Waals surface area contributed by atoms with Gasteiger partial charge in [0.25, 0.3) is 5.91 Å². The zero-order valence-electron chi connectivity index (χ0n) is 23.9. The lowest BCUT2D eigenvalue weighted by atomic mass is 10.1. The number of rotatable bonds is 5. The highest BCUT2D eigenvalue weighted by Gasteiger charge is 2.30. The summed E-state index contributed by atoms with van der Waals surface area (Å²) < 4.78 is 33.0. The SMILES string of the molecule is Cc1nc(-c2ccc(F)cc2F)ccc1C(=O)N(C)c1ccc(CN2CCN(C(=O)OC(C)(C)C)[C@@H](C)C2)cc1. The summed E-state index contributed by atoms with van der Waals surface area (Å²) in [4.78, 5) is 35.8. The second-order valence-corrected chi connectivity index (χ2v) is 11.2. The van der Waals surface area contributed by atoms with Crippen molar-refractivity contribution >= 4 is 17.7 Å². The number of hydrogen-bond acceptors (Lipinski definition) is 5. The molecule has 4 rings (SSSR count). The largest absolute Gasteiger partial charge is 0.444 e. The number of halogens is 2. The molecule has 0 bridgehead atoms. The number of carbonyl (C=O) groups excluding carboxylic acids is 2. The van der Waals surface area contributed by atoms with E-state index in [-0.39, 0.29) is 23.6 Å². The Kier molecular flexibility index (Phi) is 8.54. The van der Waals surface area contributed by atoms with Gasteiger partial charge in [0.2, 0.25) is 0 Å². The summed E-state index contributed by atoms with van der Waals surface area (Å²) in [6.07, 6.45) is -0.278. The molecule has 40 heavy (non-hydrogen) atoms. The van der Waals surface area contributed by atoms with Crippen LogP contribution in [-0.2, 0) is 11.3 Å². The van der Waals surface area contributed by atoms with Crippen LogP contribution in [0.25, 0.3) is 11.3 Å². The van der Waals surface area contributed by atoms with E-state index < -0.39 is 17.2 Å². The Morgan fingerprint density at radius 2 is 1.75 bits per heavy atom. The van der Waals surface area contributed by atoms with Crippen molar-refractivity contribution in [3.63, 3.8) is 0 Å². The maximum absolute atomic E-state index is 14.2. The first-order valence-electron chi connectivity index (χ1n) is 13.3. The summed E-state index contributed by atoms with van der Waals surface area (Å²) in [7, 11) is 1.70. The molecule has 0 radical (unpaired) electrons. The fraction of sp³-hybridized carbons (Fsp3) is 0.387. The van der Waals surface area contributed by atoms with E-state index in [1.54, 1.807) is 35.9 Å². The van der Waals surface area contributed by atoms with E-state index in [2.05, 4.69) is 9.88 Å². The van der Waals surface area contributed by atoms with Gasteiger partial charge >= 0.3 is 6.09 Å². The zero-order chi connectivity index (χ0) is 29.2. The Morgan fingerprint density at radius 1 is 1.05 bits per heavy atom. The predicted octanol–water partition coefficient (Wildman–Crippen LogP) is 6.05. The van der Waals surface area contributed by atoms with Crippen LogP contribution in [0.1, 0.15) is 49.3 Å². The van der Waals surface area contributed by atoms with E-state index in [1.807, 2.05) is 52.0 Å². The van der Waals surface area contributed by atoms with Gasteiger partial charge in [-0.2, -0.15) is 0 Å². The van der Waals surface area contributed by atoms with Crippen molar-refractivity contribution in [1.29, 1.82) is 0 Å². The molecule has 9 heteroatoms. The van der Waals surface area contributed by atoms with Gasteiger partial charge in [-0.15, -0.1) is 0 Å². The van der Waals surface area contributed by atoms with Crippen LogP contribution < -0.4 is 4.90 Å². The maximum Gasteiger partial charge on any atom is 0.410 e. The summed E-state index contributed by atoms with van der Waals surface area (Å²) >= 11 is 0. The molecule has 0 N–H and O–H groups in total. The summed E-state index contributed by atoms with van der Waals surface area (Å²) in [5, 5.41) is 0.